The molecule has 0 saturated carbocycles. The van der Waals surface area contributed by atoms with Crippen molar-refractivity contribution >= 4 is 49.9 Å². The van der Waals surface area contributed by atoms with Crippen molar-refractivity contribution in [3.8, 4) is 5.75 Å². The molecule has 2 N–H and O–H groups in total. The van der Waals surface area contributed by atoms with Gasteiger partial charge in [0, 0.05) is 23.4 Å². The molecule has 9 nitrogen and oxygen atoms in total. The Kier molecular flexibility index (Phi) is 5.41. The molecular weight excluding hydrogens is 440 g/mol. The molecule has 0 spiro atoms. The lowest BCUT2D eigenvalue weighted by atomic mass is 9.71. The van der Waals surface area contributed by atoms with Gasteiger partial charge in [0.25, 0.3) is 5.91 Å². The van der Waals surface area contributed by atoms with Crippen molar-refractivity contribution in [1.29, 1.82) is 0 Å². The summed E-state index contributed by atoms with van der Waals surface area (Å²) in [6.45, 7) is 2.07. The van der Waals surface area contributed by atoms with Crippen LogP contribution in [0.15, 0.2) is 24.7 Å². The SMILES string of the molecule is CC[C@]1(C(=O)N(C)OC)CCc2c(sc3ncnc(Nc4cc5cn[nH]c5cc4OC)c23)C1. The van der Waals surface area contributed by atoms with Crippen LogP contribution in [0, 0.1) is 5.41 Å². The van der Waals surface area contributed by atoms with E-state index in [1.54, 1.807) is 38.0 Å². The minimum absolute atomic E-state index is 0.0261. The molecule has 4 aromatic rings. The molecule has 33 heavy (non-hydrogen) atoms. The van der Waals surface area contributed by atoms with Crippen molar-refractivity contribution in [2.75, 3.05) is 26.6 Å². The minimum Gasteiger partial charge on any atom is -0.494 e. The zero-order valence-corrected chi connectivity index (χ0v) is 19.9. The lowest BCUT2D eigenvalue weighted by Gasteiger charge is -2.37. The average molecular weight is 467 g/mol. The number of thiophene rings is 1. The van der Waals surface area contributed by atoms with E-state index in [-0.39, 0.29) is 5.91 Å². The highest BCUT2D eigenvalue weighted by molar-refractivity contribution is 7.19. The van der Waals surface area contributed by atoms with Gasteiger partial charge in [0.05, 0.1) is 42.4 Å². The zero-order chi connectivity index (χ0) is 23.2. The van der Waals surface area contributed by atoms with Crippen LogP contribution in [0.3, 0.4) is 0 Å². The lowest BCUT2D eigenvalue weighted by Crippen LogP contribution is -2.44. The van der Waals surface area contributed by atoms with Gasteiger partial charge in [0.2, 0.25) is 0 Å². The number of carbonyl (C=O) groups excluding carboxylic acids is 1. The molecule has 3 aromatic heterocycles. The molecule has 0 aliphatic heterocycles. The van der Waals surface area contributed by atoms with Crippen LogP contribution in [-0.2, 0) is 22.5 Å². The van der Waals surface area contributed by atoms with Crippen molar-refractivity contribution in [2.24, 2.45) is 5.41 Å². The van der Waals surface area contributed by atoms with E-state index >= 15 is 0 Å². The van der Waals surface area contributed by atoms with Crippen LogP contribution in [-0.4, -0.2) is 52.4 Å². The highest BCUT2D eigenvalue weighted by Crippen LogP contribution is 2.47. The van der Waals surface area contributed by atoms with Crippen LogP contribution >= 0.6 is 11.3 Å². The van der Waals surface area contributed by atoms with Gasteiger partial charge in [-0.1, -0.05) is 6.92 Å². The second-order valence-corrected chi connectivity index (χ2v) is 9.42. The molecule has 1 amide bonds. The Morgan fingerprint density at radius 1 is 1.33 bits per heavy atom. The van der Waals surface area contributed by atoms with Gasteiger partial charge in [0.15, 0.2) is 0 Å². The quantitative estimate of drug-likeness (QED) is 0.410. The van der Waals surface area contributed by atoms with Gasteiger partial charge in [0.1, 0.15) is 22.7 Å². The average Bonchev–Trinajstić information content (AvgIpc) is 3.45. The van der Waals surface area contributed by atoms with E-state index in [1.807, 2.05) is 12.1 Å². The molecule has 172 valence electrons. The number of methoxy groups -OCH3 is 1. The number of nitrogens with zero attached hydrogens (tertiary/aromatic N) is 4. The van der Waals surface area contributed by atoms with Crippen LogP contribution in [0.2, 0.25) is 0 Å². The van der Waals surface area contributed by atoms with Crippen LogP contribution in [0.25, 0.3) is 21.1 Å². The van der Waals surface area contributed by atoms with E-state index < -0.39 is 5.41 Å². The number of aromatic nitrogens is 4. The predicted octanol–water partition coefficient (Wildman–Crippen LogP) is 4.22. The molecule has 5 rings (SSSR count). The number of amides is 1. The van der Waals surface area contributed by atoms with Crippen molar-refractivity contribution in [3.63, 3.8) is 0 Å². The first-order valence-electron chi connectivity index (χ1n) is 10.9. The third-order valence-electron chi connectivity index (χ3n) is 6.73. The summed E-state index contributed by atoms with van der Waals surface area (Å²) in [7, 11) is 4.85. The predicted molar refractivity (Wildman–Crippen MR) is 128 cm³/mol. The summed E-state index contributed by atoms with van der Waals surface area (Å²) in [4.78, 5) is 29.5. The topological polar surface area (TPSA) is 105 Å². The van der Waals surface area contributed by atoms with E-state index in [2.05, 4.69) is 32.4 Å². The highest BCUT2D eigenvalue weighted by Gasteiger charge is 2.43. The fourth-order valence-corrected chi connectivity index (χ4v) is 6.05. The number of aryl methyl sites for hydroxylation is 1. The molecule has 0 fully saturated rings. The molecule has 0 saturated heterocycles. The van der Waals surface area contributed by atoms with E-state index in [4.69, 9.17) is 9.57 Å². The Labute approximate surface area is 195 Å². The van der Waals surface area contributed by atoms with E-state index in [0.717, 1.165) is 51.9 Å². The van der Waals surface area contributed by atoms with Crippen molar-refractivity contribution < 1.29 is 14.4 Å². The molecule has 0 unspecified atom stereocenters. The summed E-state index contributed by atoms with van der Waals surface area (Å²) in [5, 5.41) is 13.9. The number of ether oxygens (including phenoxy) is 1. The maximum absolute atomic E-state index is 13.1. The zero-order valence-electron chi connectivity index (χ0n) is 19.1. The third kappa shape index (κ3) is 3.50. The first kappa shape index (κ1) is 21.6. The van der Waals surface area contributed by atoms with Gasteiger partial charge in [-0.2, -0.15) is 5.10 Å². The van der Waals surface area contributed by atoms with Gasteiger partial charge >= 0.3 is 0 Å². The van der Waals surface area contributed by atoms with Crippen LogP contribution in [0.4, 0.5) is 11.5 Å². The Hall–Kier alpha value is -3.24. The Morgan fingerprint density at radius 3 is 2.94 bits per heavy atom. The lowest BCUT2D eigenvalue weighted by molar-refractivity contribution is -0.181. The van der Waals surface area contributed by atoms with Crippen LogP contribution < -0.4 is 10.1 Å². The Morgan fingerprint density at radius 2 is 2.18 bits per heavy atom. The summed E-state index contributed by atoms with van der Waals surface area (Å²) in [6, 6.07) is 3.91. The molecule has 0 radical (unpaired) electrons. The number of hydroxylamine groups is 2. The van der Waals surface area contributed by atoms with Crippen LogP contribution in [0.1, 0.15) is 30.2 Å². The Bertz CT molecular complexity index is 1350. The van der Waals surface area contributed by atoms with Crippen molar-refractivity contribution in [3.05, 3.63) is 35.1 Å². The number of hydrogen-bond acceptors (Lipinski definition) is 8. The summed E-state index contributed by atoms with van der Waals surface area (Å²) in [6.07, 6.45) is 6.33. The van der Waals surface area contributed by atoms with Gasteiger partial charge in [-0.25, -0.2) is 15.0 Å². The highest BCUT2D eigenvalue weighted by atomic mass is 32.1. The molecule has 0 bridgehead atoms. The summed E-state index contributed by atoms with van der Waals surface area (Å²) < 4.78 is 5.60. The largest absolute Gasteiger partial charge is 0.494 e. The van der Waals surface area contributed by atoms with Crippen LogP contribution in [0.5, 0.6) is 5.75 Å². The van der Waals surface area contributed by atoms with Gasteiger partial charge in [-0.3, -0.25) is 14.7 Å². The second-order valence-electron chi connectivity index (χ2n) is 8.34. The first-order chi connectivity index (χ1) is 16.0. The number of carbonyl (C=O) groups is 1. The normalized spacial score (nSPS) is 17.8. The molecular formula is C23H26N6O3S. The summed E-state index contributed by atoms with van der Waals surface area (Å²) >= 11 is 1.64. The third-order valence-corrected chi connectivity index (χ3v) is 7.87. The number of benzene rings is 1. The van der Waals surface area contributed by atoms with E-state index in [9.17, 15) is 4.79 Å². The second kappa shape index (κ2) is 8.27. The summed E-state index contributed by atoms with van der Waals surface area (Å²) in [5.41, 5.74) is 2.47. The number of aromatic amines is 1. The molecule has 1 aliphatic carbocycles. The standard InChI is InChI=1S/C23H26N6O3S/c1-5-23(22(30)29(2)32-4)7-6-14-18(10-23)33-21-19(14)20(24-12-25-21)27-16-8-13-11-26-28-15(13)9-17(16)31-3/h8-9,11-12H,5-7,10H2,1-4H3,(H,26,28)(H,24,25,27)/t23-/m0/s1. The molecule has 3 heterocycles. The monoisotopic (exact) mass is 466 g/mol. The minimum atomic E-state index is -0.463. The number of fused-ring (bicyclic) bond motifs is 4. The Balaban J connectivity index is 1.55. The van der Waals surface area contributed by atoms with Gasteiger partial charge < -0.3 is 10.1 Å². The molecule has 10 heteroatoms. The maximum atomic E-state index is 13.1. The van der Waals surface area contributed by atoms with Gasteiger partial charge in [-0.15, -0.1) is 11.3 Å². The van der Waals surface area contributed by atoms with Crippen molar-refractivity contribution in [2.45, 2.75) is 32.6 Å². The van der Waals surface area contributed by atoms with Crippen molar-refractivity contribution in [1.82, 2.24) is 25.2 Å². The number of anilines is 2. The molecule has 1 aromatic carbocycles. The number of rotatable bonds is 6. The van der Waals surface area contributed by atoms with Gasteiger partial charge in [-0.05, 0) is 37.3 Å². The fourth-order valence-electron chi connectivity index (χ4n) is 4.72. The number of hydrogen-bond donors (Lipinski definition) is 2. The smallest absolute Gasteiger partial charge is 0.252 e. The number of H-pyrrole nitrogens is 1. The first-order valence-corrected chi connectivity index (χ1v) is 11.7. The molecule has 1 atom stereocenters. The fraction of sp³-hybridized carbons (Fsp3) is 0.391. The van der Waals surface area contributed by atoms with E-state index in [0.29, 0.717) is 12.2 Å². The molecule has 1 aliphatic rings. The summed E-state index contributed by atoms with van der Waals surface area (Å²) in [5.74, 6) is 1.46. The maximum Gasteiger partial charge on any atom is 0.252 e. The number of nitrogens with one attached hydrogen (secondary N) is 2. The van der Waals surface area contributed by atoms with E-state index in [1.165, 1.54) is 22.6 Å².